The molecule has 1 amide bonds. The number of halogens is 1. The zero-order valence-corrected chi connectivity index (χ0v) is 15.1. The number of hydrogen-bond donors (Lipinski definition) is 1. The zero-order valence-electron chi connectivity index (χ0n) is 14.3. The Labute approximate surface area is 149 Å². The van der Waals surface area contributed by atoms with Gasteiger partial charge in [0.1, 0.15) is 17.7 Å². The van der Waals surface area contributed by atoms with Gasteiger partial charge < -0.3 is 9.88 Å². The molecule has 0 spiro atoms. The Morgan fingerprint density at radius 1 is 1.32 bits per heavy atom. The molecule has 1 N–H and O–H groups in total. The second kappa shape index (κ2) is 7.14. The number of aryl methyl sites for hydroxylation is 3. The lowest BCUT2D eigenvalue weighted by atomic mass is 10.1. The average Bonchev–Trinajstić information content (AvgIpc) is 3.11. The fourth-order valence-corrected chi connectivity index (χ4v) is 3.64. The number of thiazole rings is 1. The van der Waals surface area contributed by atoms with Gasteiger partial charge in [-0.1, -0.05) is 12.1 Å². The maximum Gasteiger partial charge on any atom is 0.226 e. The lowest BCUT2D eigenvalue weighted by Crippen LogP contribution is -2.32. The first-order chi connectivity index (χ1) is 11.9. The summed E-state index contributed by atoms with van der Waals surface area (Å²) >= 11 is 1.53. The summed E-state index contributed by atoms with van der Waals surface area (Å²) in [6, 6.07) is 5.65. The van der Waals surface area contributed by atoms with Crippen molar-refractivity contribution < 1.29 is 9.18 Å². The monoisotopic (exact) mass is 358 g/mol. The van der Waals surface area contributed by atoms with Crippen molar-refractivity contribution in [1.82, 2.24) is 19.9 Å². The van der Waals surface area contributed by atoms with Crippen LogP contribution in [0.2, 0.25) is 0 Å². The molecule has 3 rings (SSSR count). The quantitative estimate of drug-likeness (QED) is 0.762. The molecule has 0 aliphatic heterocycles. The van der Waals surface area contributed by atoms with Crippen LogP contribution < -0.4 is 5.32 Å². The van der Waals surface area contributed by atoms with E-state index in [1.165, 1.54) is 23.5 Å². The Kier molecular flexibility index (Phi) is 4.94. The van der Waals surface area contributed by atoms with Crippen molar-refractivity contribution >= 4 is 17.2 Å². The molecule has 7 heteroatoms. The fraction of sp³-hybridized carbons (Fsp3) is 0.278. The van der Waals surface area contributed by atoms with Gasteiger partial charge in [0.2, 0.25) is 5.91 Å². The number of imidazole rings is 1. The summed E-state index contributed by atoms with van der Waals surface area (Å²) in [5.41, 5.74) is 1.66. The van der Waals surface area contributed by atoms with Gasteiger partial charge in [-0.05, 0) is 31.5 Å². The van der Waals surface area contributed by atoms with Gasteiger partial charge in [-0.2, -0.15) is 0 Å². The Bertz CT molecular complexity index is 885. The molecule has 0 saturated carbocycles. The highest BCUT2D eigenvalue weighted by Gasteiger charge is 2.21. The summed E-state index contributed by atoms with van der Waals surface area (Å²) in [6.45, 7) is 3.83. The van der Waals surface area contributed by atoms with Crippen LogP contribution in [0.3, 0.4) is 0 Å². The van der Waals surface area contributed by atoms with Crippen LogP contribution in [0.15, 0.2) is 36.7 Å². The smallest absolute Gasteiger partial charge is 0.226 e. The number of nitrogens with zero attached hydrogens (tertiary/aromatic N) is 3. The van der Waals surface area contributed by atoms with Crippen molar-refractivity contribution in [2.24, 2.45) is 7.05 Å². The number of amides is 1. The third-order valence-electron chi connectivity index (χ3n) is 3.95. The fourth-order valence-electron chi connectivity index (χ4n) is 2.70. The van der Waals surface area contributed by atoms with Crippen LogP contribution in [0.1, 0.15) is 33.0 Å². The van der Waals surface area contributed by atoms with Gasteiger partial charge in [-0.3, -0.25) is 4.79 Å². The summed E-state index contributed by atoms with van der Waals surface area (Å²) in [6.07, 6.45) is 3.75. The number of nitrogens with one attached hydrogen (secondary N) is 1. The van der Waals surface area contributed by atoms with Gasteiger partial charge in [0.05, 0.1) is 17.1 Å². The molecule has 0 unspecified atom stereocenters. The van der Waals surface area contributed by atoms with E-state index in [0.717, 1.165) is 21.1 Å². The van der Waals surface area contributed by atoms with Crippen LogP contribution in [0, 0.1) is 19.7 Å². The van der Waals surface area contributed by atoms with Crippen LogP contribution >= 0.6 is 11.3 Å². The maximum atomic E-state index is 13.3. The minimum Gasteiger partial charge on any atom is -0.342 e. The number of hydrogen-bond acceptors (Lipinski definition) is 4. The van der Waals surface area contributed by atoms with Crippen molar-refractivity contribution in [1.29, 1.82) is 0 Å². The molecule has 0 aliphatic carbocycles. The Morgan fingerprint density at radius 3 is 2.60 bits per heavy atom. The molecule has 130 valence electrons. The lowest BCUT2D eigenvalue weighted by molar-refractivity contribution is -0.121. The van der Waals surface area contributed by atoms with Crippen molar-refractivity contribution in [3.8, 4) is 0 Å². The van der Waals surface area contributed by atoms with Gasteiger partial charge >= 0.3 is 0 Å². The van der Waals surface area contributed by atoms with Crippen molar-refractivity contribution in [2.45, 2.75) is 26.3 Å². The molecule has 1 atom stereocenters. The van der Waals surface area contributed by atoms with E-state index in [-0.39, 0.29) is 18.1 Å². The summed E-state index contributed by atoms with van der Waals surface area (Å²) < 4.78 is 15.1. The molecule has 3 aromatic rings. The largest absolute Gasteiger partial charge is 0.342 e. The van der Waals surface area contributed by atoms with Crippen LogP contribution in [-0.4, -0.2) is 20.4 Å². The number of carbonyl (C=O) groups excluding carboxylic acids is 1. The highest BCUT2D eigenvalue weighted by Crippen LogP contribution is 2.22. The summed E-state index contributed by atoms with van der Waals surface area (Å²) in [4.78, 5) is 22.2. The average molecular weight is 358 g/mol. The third-order valence-corrected chi connectivity index (χ3v) is 5.02. The molecule has 0 radical (unpaired) electrons. The highest BCUT2D eigenvalue weighted by molar-refractivity contribution is 7.11. The summed E-state index contributed by atoms with van der Waals surface area (Å²) in [7, 11) is 1.86. The van der Waals surface area contributed by atoms with Crippen LogP contribution in [0.25, 0.3) is 0 Å². The van der Waals surface area contributed by atoms with Crippen LogP contribution in [0.4, 0.5) is 4.39 Å². The minimum atomic E-state index is -0.442. The molecule has 0 fully saturated rings. The Balaban J connectivity index is 1.85. The normalized spacial score (nSPS) is 12.2. The lowest BCUT2D eigenvalue weighted by Gasteiger charge is -2.19. The first-order valence-electron chi connectivity index (χ1n) is 7.89. The predicted molar refractivity (Wildman–Crippen MR) is 94.9 cm³/mol. The van der Waals surface area contributed by atoms with Crippen molar-refractivity contribution in [3.63, 3.8) is 0 Å². The van der Waals surface area contributed by atoms with Gasteiger partial charge in [-0.15, -0.1) is 11.3 Å². The Hall–Kier alpha value is -2.54. The molecular weight excluding hydrogens is 339 g/mol. The molecule has 0 bridgehead atoms. The maximum absolute atomic E-state index is 13.3. The highest BCUT2D eigenvalue weighted by atomic mass is 32.1. The van der Waals surface area contributed by atoms with Gasteiger partial charge in [-0.25, -0.2) is 14.4 Å². The predicted octanol–water partition coefficient (Wildman–Crippen LogP) is 3.08. The summed E-state index contributed by atoms with van der Waals surface area (Å²) in [5, 5.41) is 3.96. The van der Waals surface area contributed by atoms with E-state index in [4.69, 9.17) is 0 Å². The number of benzene rings is 1. The zero-order chi connectivity index (χ0) is 18.0. The van der Waals surface area contributed by atoms with E-state index >= 15 is 0 Å². The first kappa shape index (κ1) is 17.3. The van der Waals surface area contributed by atoms with E-state index < -0.39 is 6.04 Å². The van der Waals surface area contributed by atoms with E-state index in [9.17, 15) is 9.18 Å². The van der Waals surface area contributed by atoms with Crippen LogP contribution in [-0.2, 0) is 18.3 Å². The number of carbonyl (C=O) groups is 1. The number of rotatable bonds is 5. The second-order valence-corrected chi connectivity index (χ2v) is 7.15. The topological polar surface area (TPSA) is 59.8 Å². The van der Waals surface area contributed by atoms with Crippen molar-refractivity contribution in [3.05, 3.63) is 69.4 Å². The number of aromatic nitrogens is 3. The van der Waals surface area contributed by atoms with E-state index in [1.54, 1.807) is 18.3 Å². The minimum absolute atomic E-state index is 0.121. The molecule has 1 aromatic carbocycles. The molecular formula is C18H19FN4OS. The Morgan fingerprint density at radius 2 is 2.04 bits per heavy atom. The molecule has 2 heterocycles. The summed E-state index contributed by atoms with van der Waals surface area (Å²) in [5.74, 6) is 0.255. The van der Waals surface area contributed by atoms with Gasteiger partial charge in [0, 0.05) is 24.3 Å². The third kappa shape index (κ3) is 3.93. The van der Waals surface area contributed by atoms with E-state index in [1.807, 2.05) is 31.7 Å². The second-order valence-electron chi connectivity index (χ2n) is 5.87. The van der Waals surface area contributed by atoms with Crippen molar-refractivity contribution in [2.75, 3.05) is 0 Å². The SMILES string of the molecule is Cc1nc(C)c(CC(=O)N[C@H](c2ccc(F)cc2)c2nccn2C)s1. The van der Waals surface area contributed by atoms with E-state index in [2.05, 4.69) is 15.3 Å². The molecule has 0 saturated heterocycles. The van der Waals surface area contributed by atoms with Gasteiger partial charge in [0.15, 0.2) is 0 Å². The van der Waals surface area contributed by atoms with Crippen LogP contribution in [0.5, 0.6) is 0 Å². The molecule has 25 heavy (non-hydrogen) atoms. The molecule has 2 aromatic heterocycles. The van der Waals surface area contributed by atoms with E-state index in [0.29, 0.717) is 5.82 Å². The molecule has 5 nitrogen and oxygen atoms in total. The standard InChI is InChI=1S/C18H19FN4OS/c1-11-15(25-12(2)21-11)10-16(24)22-17(18-20-8-9-23(18)3)13-4-6-14(19)7-5-13/h4-9,17H,10H2,1-3H3,(H,22,24)/t17-/m1/s1. The first-order valence-corrected chi connectivity index (χ1v) is 8.70. The molecule has 0 aliphatic rings. The van der Waals surface area contributed by atoms with Gasteiger partial charge in [0.25, 0.3) is 0 Å².